The van der Waals surface area contributed by atoms with Crippen LogP contribution in [-0.2, 0) is 10.8 Å². The summed E-state index contributed by atoms with van der Waals surface area (Å²) in [6.07, 6.45) is 3.17. The normalized spacial score (nSPS) is 13.1. The van der Waals surface area contributed by atoms with Crippen LogP contribution in [-0.4, -0.2) is 17.5 Å². The summed E-state index contributed by atoms with van der Waals surface area (Å²) in [6.45, 7) is 8.70. The van der Waals surface area contributed by atoms with Gasteiger partial charge in [0.05, 0.1) is 39.0 Å². The van der Waals surface area contributed by atoms with Crippen molar-refractivity contribution in [3.05, 3.63) is 271 Å². The Hall–Kier alpha value is -10.1. The number of aromatic nitrogens is 4. The average molecular weight is 1320 g/mol. The van der Waals surface area contributed by atoms with Gasteiger partial charge < -0.3 is 0 Å². The molecule has 0 bridgehead atoms. The van der Waals surface area contributed by atoms with Crippen LogP contribution in [0.4, 0.5) is 0 Å². The zero-order chi connectivity index (χ0) is 63.0. The fourth-order valence-electron chi connectivity index (χ4n) is 14.1. The van der Waals surface area contributed by atoms with E-state index < -0.39 is 10.8 Å². The van der Waals surface area contributed by atoms with Crippen LogP contribution in [0.2, 0.25) is 0 Å². The molecule has 0 spiro atoms. The largest absolute Gasteiger partial charge is 0.192 e. The van der Waals surface area contributed by atoms with Crippen LogP contribution < -0.4 is 0 Å². The highest BCUT2D eigenvalue weighted by molar-refractivity contribution is 7.33. The van der Waals surface area contributed by atoms with Gasteiger partial charge in [-0.3, -0.25) is 0 Å². The molecule has 2 aliphatic rings. The van der Waals surface area contributed by atoms with Crippen molar-refractivity contribution in [3.8, 4) is 86.2 Å². The van der Waals surface area contributed by atoms with Crippen LogP contribution in [0.3, 0.4) is 0 Å². The van der Waals surface area contributed by atoms with Gasteiger partial charge in [0.2, 0.25) is 0 Å². The van der Waals surface area contributed by atoms with Gasteiger partial charge in [-0.15, -0.1) is 56.7 Å². The summed E-state index contributed by atoms with van der Waals surface area (Å²) in [5.74, 6) is 0. The number of hydrogen-bond acceptors (Lipinski definition) is 15. The Morgan fingerprint density at radius 3 is 1.27 bits per heavy atom. The van der Waals surface area contributed by atoms with Crippen LogP contribution >= 0.6 is 80.1 Å². The molecule has 0 unspecified atom stereocenters. The Kier molecular flexibility index (Phi) is 13.3. The molecule has 0 saturated carbocycles. The molecule has 8 aromatic carbocycles. The van der Waals surface area contributed by atoms with E-state index in [1.165, 1.54) is 118 Å². The first-order chi connectivity index (χ1) is 45.5. The van der Waals surface area contributed by atoms with Crippen LogP contribution in [0.5, 0.6) is 0 Å². The summed E-state index contributed by atoms with van der Waals surface area (Å²) in [4.78, 5) is 8.12. The number of fused-ring (bicyclic) bond motifs is 11. The van der Waals surface area contributed by atoms with Crippen LogP contribution in [0.1, 0.15) is 77.9 Å². The summed E-state index contributed by atoms with van der Waals surface area (Å²) in [5, 5.41) is 39.4. The van der Waals surface area contributed by atoms with E-state index >= 15 is 0 Å². The van der Waals surface area contributed by atoms with Gasteiger partial charge in [0.25, 0.3) is 0 Å². The van der Waals surface area contributed by atoms with Gasteiger partial charge in [-0.25, -0.2) is 0 Å². The Morgan fingerprint density at radius 1 is 0.355 bits per heavy atom. The Bertz CT molecular complexity index is 5790. The van der Waals surface area contributed by atoms with Gasteiger partial charge in [0.15, 0.2) is 0 Å². The first kappa shape index (κ1) is 56.8. The van der Waals surface area contributed by atoms with Crippen molar-refractivity contribution < 1.29 is 0 Å². The van der Waals surface area contributed by atoms with E-state index in [1.54, 1.807) is 34.8 Å². The van der Waals surface area contributed by atoms with E-state index in [1.807, 2.05) is 82.6 Å². The molecule has 7 heterocycles. The summed E-state index contributed by atoms with van der Waals surface area (Å²) in [6, 6.07) is 76.8. The first-order valence-electron chi connectivity index (χ1n) is 29.9. The Balaban J connectivity index is 0.873. The second-order valence-corrected chi connectivity index (χ2v) is 30.2. The number of benzene rings is 8. The molecule has 0 radical (unpaired) electrons. The minimum atomic E-state index is -0.707. The molecule has 438 valence electrons. The van der Waals surface area contributed by atoms with Crippen molar-refractivity contribution in [2.24, 2.45) is 0 Å². The zero-order valence-electron chi connectivity index (χ0n) is 49.9. The van der Waals surface area contributed by atoms with Gasteiger partial charge in [-0.2, -0.15) is 38.5 Å². The highest BCUT2D eigenvalue weighted by atomic mass is 32.1. The monoisotopic (exact) mass is 1320 g/mol. The fourth-order valence-corrected chi connectivity index (χ4v) is 21.3. The summed E-state index contributed by atoms with van der Waals surface area (Å²) < 4.78 is 22.4. The number of nitrogens with zero attached hydrogens (tertiary/aromatic N) is 8. The lowest BCUT2D eigenvalue weighted by atomic mass is 9.65. The molecule has 8 nitrogen and oxygen atoms in total. The SMILES string of the molecule is Cc1ccc(C2(c3ccc(C)cc3)c3cc4c(cc3-c3cc5cc(-c6ccc(-c7ccc(C=C(C#N)C#N)c8nsnc78)s6)sc5cc32)C(c2ccc(C)cc2)(c2ccc(C)cc2)c2c-4sc3cc(-c4ccc(-c5ccc(C=C(C#N)C#N)c6nsnc56)s4)sc23)cc1. The van der Waals surface area contributed by atoms with Gasteiger partial charge in [-0.05, 0) is 162 Å². The molecule has 0 N–H and O–H groups in total. The van der Waals surface area contributed by atoms with Gasteiger partial charge >= 0.3 is 0 Å². The summed E-state index contributed by atoms with van der Waals surface area (Å²) in [5.41, 5.74) is 23.4. The third kappa shape index (κ3) is 8.64. The van der Waals surface area contributed by atoms with E-state index in [2.05, 4.69) is 194 Å². The van der Waals surface area contributed by atoms with E-state index in [0.717, 1.165) is 65.1 Å². The highest BCUT2D eigenvalue weighted by Gasteiger charge is 2.53. The molecule has 7 aromatic heterocycles. The smallest absolute Gasteiger partial charge is 0.130 e. The van der Waals surface area contributed by atoms with E-state index in [-0.39, 0.29) is 11.1 Å². The summed E-state index contributed by atoms with van der Waals surface area (Å²) in [7, 11) is 0. The predicted octanol–water partition coefficient (Wildman–Crippen LogP) is 21.8. The number of rotatable bonds is 10. The zero-order valence-corrected chi connectivity index (χ0v) is 55.6. The number of allylic oxidation sites excluding steroid dienone is 2. The Labute approximate surface area is 563 Å². The van der Waals surface area contributed by atoms with E-state index in [0.29, 0.717) is 22.2 Å². The molecule has 2 aliphatic carbocycles. The Morgan fingerprint density at radius 2 is 0.774 bits per heavy atom. The second-order valence-electron chi connectivity index (χ2n) is 23.8. The number of thiophene rings is 5. The lowest BCUT2D eigenvalue weighted by molar-refractivity contribution is 0.762. The maximum absolute atomic E-state index is 9.57. The molecule has 0 fully saturated rings. The maximum Gasteiger partial charge on any atom is 0.130 e. The third-order valence-corrected chi connectivity index (χ3v) is 25.7. The minimum absolute atomic E-state index is 0.0200. The quantitative estimate of drug-likeness (QED) is 0.123. The predicted molar refractivity (Wildman–Crippen MR) is 386 cm³/mol. The van der Waals surface area contributed by atoms with Crippen molar-refractivity contribution in [1.82, 2.24) is 17.5 Å². The average Bonchev–Trinajstić information content (AvgIpc) is 1.54. The topological polar surface area (TPSA) is 147 Å². The number of nitriles is 4. The molecule has 15 heteroatoms. The van der Waals surface area contributed by atoms with Crippen LogP contribution in [0.25, 0.3) is 116 Å². The molecule has 17 rings (SSSR count). The maximum atomic E-state index is 9.57. The fraction of sp³-hybridized carbons (Fsp3) is 0.0769. The van der Waals surface area contributed by atoms with Crippen molar-refractivity contribution in [2.75, 3.05) is 0 Å². The molecule has 0 aliphatic heterocycles. The standard InChI is InChI=1S/C78H44N8S7/c1-41-5-15-50(16-6-41)77(51-17-7-42(2)8-18-51)59-34-58-60(33-57(59)56-31-49-32-67(89-66(49)35-61(56)77)64-27-25-62(87-64)54-23-13-47(29-45(37-79)38-80)71-73(54)85-92-83-71)78(52-19-9-43(3)10-20-52,53-21-11-44(4)12-22-53)70-75(58)91-69-36-68(90-76(69)70)65-28-26-63(88-65)55-24-14-48(30-46(39-81)40-82)72-74(55)86-93-84-72/h5-36H,1-4H3. The van der Waals surface area contributed by atoms with Crippen LogP contribution in [0.15, 0.2) is 193 Å². The van der Waals surface area contributed by atoms with E-state index in [4.69, 9.17) is 8.75 Å². The van der Waals surface area contributed by atoms with Crippen molar-refractivity contribution >= 4 is 134 Å². The molecule has 93 heavy (non-hydrogen) atoms. The minimum Gasteiger partial charge on any atom is -0.192 e. The molecule has 15 aromatic rings. The van der Waals surface area contributed by atoms with Crippen molar-refractivity contribution in [2.45, 2.75) is 38.5 Å². The van der Waals surface area contributed by atoms with Crippen LogP contribution in [0, 0.1) is 73.0 Å². The molecule has 0 atom stereocenters. The van der Waals surface area contributed by atoms with Gasteiger partial charge in [0, 0.05) is 71.4 Å². The van der Waals surface area contributed by atoms with Crippen molar-refractivity contribution in [1.29, 1.82) is 21.0 Å². The highest BCUT2D eigenvalue weighted by Crippen LogP contribution is 2.67. The lowest BCUT2D eigenvalue weighted by Crippen LogP contribution is -2.30. The lowest BCUT2D eigenvalue weighted by Gasteiger charge is -2.35. The first-order valence-corrected chi connectivity index (χ1v) is 35.4. The third-order valence-electron chi connectivity index (χ3n) is 18.4. The molecular formula is C78H44N8S7. The van der Waals surface area contributed by atoms with Gasteiger partial charge in [-0.1, -0.05) is 144 Å². The second kappa shape index (κ2) is 21.8. The molecule has 0 amide bonds. The number of aryl methyl sites for hydroxylation is 4. The van der Waals surface area contributed by atoms with Gasteiger partial charge in [0.1, 0.15) is 57.5 Å². The molecular weight excluding hydrogens is 1270 g/mol. The summed E-state index contributed by atoms with van der Waals surface area (Å²) >= 11 is 11.4. The number of hydrogen-bond donors (Lipinski definition) is 0. The molecule has 0 saturated heterocycles. The van der Waals surface area contributed by atoms with Crippen molar-refractivity contribution in [3.63, 3.8) is 0 Å². The van der Waals surface area contributed by atoms with E-state index in [9.17, 15) is 21.0 Å².